The van der Waals surface area contributed by atoms with Gasteiger partial charge < -0.3 is 19.5 Å². The molecular weight excluding hydrogens is 354 g/mol. The fraction of sp³-hybridized carbons (Fsp3) is 0.174. The molecule has 0 aliphatic carbocycles. The van der Waals surface area contributed by atoms with Gasteiger partial charge in [-0.3, -0.25) is 4.79 Å². The summed E-state index contributed by atoms with van der Waals surface area (Å²) in [6.45, 7) is 2.42. The highest BCUT2D eigenvalue weighted by Gasteiger charge is 2.08. The maximum absolute atomic E-state index is 12.4. The van der Waals surface area contributed by atoms with Gasteiger partial charge in [0.15, 0.2) is 11.5 Å². The normalized spacial score (nSPS) is 10.2. The maximum atomic E-state index is 12.4. The molecule has 3 aromatic rings. The first-order valence-corrected chi connectivity index (χ1v) is 8.92. The van der Waals surface area contributed by atoms with E-state index in [-0.39, 0.29) is 5.91 Å². The lowest BCUT2D eigenvalue weighted by atomic mass is 10.1. The van der Waals surface area contributed by atoms with Gasteiger partial charge in [-0.1, -0.05) is 23.8 Å². The SMILES string of the molecule is COc1ccc(CNC(=O)c2ccc(Oc3ccc(C)cc3)cc2)cc1OC. The molecule has 144 valence electrons. The van der Waals surface area contributed by atoms with Gasteiger partial charge in [0, 0.05) is 12.1 Å². The van der Waals surface area contributed by atoms with Crippen molar-refractivity contribution in [2.24, 2.45) is 0 Å². The highest BCUT2D eigenvalue weighted by molar-refractivity contribution is 5.94. The van der Waals surface area contributed by atoms with Crippen molar-refractivity contribution >= 4 is 5.91 Å². The molecule has 0 atom stereocenters. The number of aryl methyl sites for hydroxylation is 1. The van der Waals surface area contributed by atoms with E-state index in [4.69, 9.17) is 14.2 Å². The van der Waals surface area contributed by atoms with Crippen LogP contribution in [0.2, 0.25) is 0 Å². The lowest BCUT2D eigenvalue weighted by molar-refractivity contribution is 0.0951. The lowest BCUT2D eigenvalue weighted by Crippen LogP contribution is -2.22. The van der Waals surface area contributed by atoms with E-state index in [1.54, 1.807) is 38.5 Å². The van der Waals surface area contributed by atoms with Gasteiger partial charge in [-0.15, -0.1) is 0 Å². The summed E-state index contributed by atoms with van der Waals surface area (Å²) in [5.41, 5.74) is 2.66. The second-order valence-electron chi connectivity index (χ2n) is 6.31. The van der Waals surface area contributed by atoms with E-state index in [0.29, 0.717) is 29.4 Å². The summed E-state index contributed by atoms with van der Waals surface area (Å²) in [5, 5.41) is 2.90. The Kier molecular flexibility index (Phi) is 6.17. The van der Waals surface area contributed by atoms with E-state index in [2.05, 4.69) is 5.32 Å². The van der Waals surface area contributed by atoms with Gasteiger partial charge in [-0.05, 0) is 61.0 Å². The van der Waals surface area contributed by atoms with Gasteiger partial charge in [0.25, 0.3) is 5.91 Å². The monoisotopic (exact) mass is 377 g/mol. The number of amides is 1. The first kappa shape index (κ1) is 19.3. The molecule has 0 saturated carbocycles. The fourth-order valence-corrected chi connectivity index (χ4v) is 2.69. The van der Waals surface area contributed by atoms with Crippen molar-refractivity contribution in [1.29, 1.82) is 0 Å². The summed E-state index contributed by atoms with van der Waals surface area (Å²) in [5.74, 6) is 2.57. The van der Waals surface area contributed by atoms with Crippen molar-refractivity contribution in [3.8, 4) is 23.0 Å². The molecule has 0 aromatic heterocycles. The van der Waals surface area contributed by atoms with Crippen LogP contribution in [0.15, 0.2) is 66.7 Å². The smallest absolute Gasteiger partial charge is 0.251 e. The van der Waals surface area contributed by atoms with Gasteiger partial charge in [0.1, 0.15) is 11.5 Å². The maximum Gasteiger partial charge on any atom is 0.251 e. The van der Waals surface area contributed by atoms with Crippen LogP contribution in [0.4, 0.5) is 0 Å². The van der Waals surface area contributed by atoms with Crippen molar-refractivity contribution in [2.75, 3.05) is 14.2 Å². The minimum Gasteiger partial charge on any atom is -0.493 e. The molecule has 5 nitrogen and oxygen atoms in total. The zero-order valence-corrected chi connectivity index (χ0v) is 16.2. The first-order valence-electron chi connectivity index (χ1n) is 8.92. The molecule has 5 heteroatoms. The van der Waals surface area contributed by atoms with Crippen molar-refractivity contribution in [1.82, 2.24) is 5.32 Å². The summed E-state index contributed by atoms with van der Waals surface area (Å²) in [6, 6.07) is 20.4. The van der Waals surface area contributed by atoms with E-state index in [9.17, 15) is 4.79 Å². The van der Waals surface area contributed by atoms with Gasteiger partial charge in [-0.2, -0.15) is 0 Å². The summed E-state index contributed by atoms with van der Waals surface area (Å²) >= 11 is 0. The Morgan fingerprint density at radius 3 is 2.04 bits per heavy atom. The molecule has 1 N–H and O–H groups in total. The summed E-state index contributed by atoms with van der Waals surface area (Å²) in [6.07, 6.45) is 0. The number of hydrogen-bond donors (Lipinski definition) is 1. The lowest BCUT2D eigenvalue weighted by Gasteiger charge is -2.11. The molecule has 0 heterocycles. The predicted molar refractivity (Wildman–Crippen MR) is 108 cm³/mol. The molecule has 3 aromatic carbocycles. The second kappa shape index (κ2) is 8.95. The van der Waals surface area contributed by atoms with Crippen LogP contribution in [0.3, 0.4) is 0 Å². The van der Waals surface area contributed by atoms with Crippen LogP contribution in [0, 0.1) is 6.92 Å². The quantitative estimate of drug-likeness (QED) is 0.646. The number of methoxy groups -OCH3 is 2. The first-order chi connectivity index (χ1) is 13.6. The zero-order chi connectivity index (χ0) is 19.9. The molecule has 0 aliphatic rings. The number of rotatable bonds is 7. The van der Waals surface area contributed by atoms with Crippen LogP contribution in [0.25, 0.3) is 0 Å². The molecule has 0 unspecified atom stereocenters. The van der Waals surface area contributed by atoms with Gasteiger partial charge in [-0.25, -0.2) is 0 Å². The predicted octanol–water partition coefficient (Wildman–Crippen LogP) is 4.73. The number of hydrogen-bond acceptors (Lipinski definition) is 4. The van der Waals surface area contributed by atoms with Gasteiger partial charge in [0.05, 0.1) is 14.2 Å². The number of nitrogens with one attached hydrogen (secondary N) is 1. The molecule has 0 spiro atoms. The van der Waals surface area contributed by atoms with Crippen molar-refractivity contribution in [3.05, 3.63) is 83.4 Å². The minimum absolute atomic E-state index is 0.156. The fourth-order valence-electron chi connectivity index (χ4n) is 2.69. The van der Waals surface area contributed by atoms with E-state index >= 15 is 0 Å². The van der Waals surface area contributed by atoms with Crippen LogP contribution >= 0.6 is 0 Å². The average molecular weight is 377 g/mol. The Morgan fingerprint density at radius 2 is 1.43 bits per heavy atom. The van der Waals surface area contributed by atoms with Crippen molar-refractivity contribution in [3.63, 3.8) is 0 Å². The van der Waals surface area contributed by atoms with Gasteiger partial charge >= 0.3 is 0 Å². The third-order valence-electron chi connectivity index (χ3n) is 4.27. The average Bonchev–Trinajstić information content (AvgIpc) is 2.74. The highest BCUT2D eigenvalue weighted by atomic mass is 16.5. The van der Waals surface area contributed by atoms with E-state index in [0.717, 1.165) is 11.3 Å². The minimum atomic E-state index is -0.156. The standard InChI is InChI=1S/C23H23NO4/c1-16-4-9-19(10-5-16)28-20-11-7-18(8-12-20)23(25)24-15-17-6-13-21(26-2)22(14-17)27-3/h4-14H,15H2,1-3H3,(H,24,25). The molecule has 3 rings (SSSR count). The summed E-state index contributed by atoms with van der Waals surface area (Å²) in [7, 11) is 3.17. The molecule has 0 aliphatic heterocycles. The number of carbonyl (C=O) groups excluding carboxylic acids is 1. The third kappa shape index (κ3) is 4.82. The van der Waals surface area contributed by atoms with Crippen LogP contribution in [0.5, 0.6) is 23.0 Å². The van der Waals surface area contributed by atoms with E-state index in [1.165, 1.54) is 5.56 Å². The van der Waals surface area contributed by atoms with Crippen LogP contribution in [-0.2, 0) is 6.54 Å². The van der Waals surface area contributed by atoms with Crippen molar-refractivity contribution in [2.45, 2.75) is 13.5 Å². The second-order valence-corrected chi connectivity index (χ2v) is 6.31. The van der Waals surface area contributed by atoms with Crippen LogP contribution in [0.1, 0.15) is 21.5 Å². The Bertz CT molecular complexity index is 934. The summed E-state index contributed by atoms with van der Waals surface area (Å²) in [4.78, 5) is 12.4. The van der Waals surface area contributed by atoms with Gasteiger partial charge in [0.2, 0.25) is 0 Å². The highest BCUT2D eigenvalue weighted by Crippen LogP contribution is 2.27. The van der Waals surface area contributed by atoms with Crippen LogP contribution in [-0.4, -0.2) is 20.1 Å². The molecule has 0 saturated heterocycles. The molecular formula is C23H23NO4. The van der Waals surface area contributed by atoms with E-state index in [1.807, 2.05) is 49.4 Å². The van der Waals surface area contributed by atoms with Crippen LogP contribution < -0.4 is 19.5 Å². The molecule has 0 fully saturated rings. The Morgan fingerprint density at radius 1 is 0.821 bits per heavy atom. The molecule has 0 radical (unpaired) electrons. The molecule has 1 amide bonds. The largest absolute Gasteiger partial charge is 0.493 e. The number of ether oxygens (including phenoxy) is 3. The third-order valence-corrected chi connectivity index (χ3v) is 4.27. The molecule has 28 heavy (non-hydrogen) atoms. The number of carbonyl (C=O) groups is 1. The van der Waals surface area contributed by atoms with E-state index < -0.39 is 0 Å². The summed E-state index contributed by atoms with van der Waals surface area (Å²) < 4.78 is 16.3. The Labute approximate surface area is 164 Å². The Hall–Kier alpha value is -3.47. The zero-order valence-electron chi connectivity index (χ0n) is 16.2. The number of benzene rings is 3. The Balaban J connectivity index is 1.59. The topological polar surface area (TPSA) is 56.8 Å². The van der Waals surface area contributed by atoms with Crippen molar-refractivity contribution < 1.29 is 19.0 Å². The molecule has 0 bridgehead atoms.